The second-order valence-electron chi connectivity index (χ2n) is 7.88. The van der Waals surface area contributed by atoms with Crippen molar-refractivity contribution in [1.82, 2.24) is 30.4 Å². The van der Waals surface area contributed by atoms with Gasteiger partial charge in [-0.05, 0) is 53.8 Å². The quantitative estimate of drug-likeness (QED) is 0.563. The van der Waals surface area contributed by atoms with Gasteiger partial charge in [0, 0.05) is 16.5 Å². The summed E-state index contributed by atoms with van der Waals surface area (Å²) >= 11 is 1.53. The van der Waals surface area contributed by atoms with Crippen molar-refractivity contribution in [2.24, 2.45) is 0 Å². The van der Waals surface area contributed by atoms with Crippen LogP contribution >= 0.6 is 11.3 Å². The van der Waals surface area contributed by atoms with E-state index in [1.807, 2.05) is 17.5 Å². The van der Waals surface area contributed by atoms with E-state index in [0.717, 1.165) is 30.6 Å². The molecule has 0 unspecified atom stereocenters. The SMILES string of the molecule is O=C(CN(Cc1cccs1)C(=O)Cn1nnc(-c2ccc(F)cc2)n1)NC1CCCCC1. The Bertz CT molecular complexity index is 1030. The lowest BCUT2D eigenvalue weighted by atomic mass is 9.95. The second kappa shape index (κ2) is 10.4. The predicted octanol–water partition coefficient (Wildman–Crippen LogP) is 3.02. The van der Waals surface area contributed by atoms with E-state index >= 15 is 0 Å². The topological polar surface area (TPSA) is 93.0 Å². The van der Waals surface area contributed by atoms with Crippen molar-refractivity contribution in [3.05, 3.63) is 52.5 Å². The summed E-state index contributed by atoms with van der Waals surface area (Å²) in [7, 11) is 0. The van der Waals surface area contributed by atoms with E-state index in [0.29, 0.717) is 17.9 Å². The zero-order valence-electron chi connectivity index (χ0n) is 17.6. The van der Waals surface area contributed by atoms with Crippen LogP contribution in [0.5, 0.6) is 0 Å². The van der Waals surface area contributed by atoms with E-state index in [2.05, 4.69) is 20.7 Å². The van der Waals surface area contributed by atoms with Crippen LogP contribution in [0.25, 0.3) is 11.4 Å². The third-order valence-corrected chi connectivity index (χ3v) is 6.28. The highest BCUT2D eigenvalue weighted by Crippen LogP contribution is 2.18. The van der Waals surface area contributed by atoms with Crippen LogP contribution in [0.1, 0.15) is 37.0 Å². The summed E-state index contributed by atoms with van der Waals surface area (Å²) < 4.78 is 13.1. The highest BCUT2D eigenvalue weighted by Gasteiger charge is 2.22. The Balaban J connectivity index is 1.41. The molecule has 0 bridgehead atoms. The first-order chi connectivity index (χ1) is 15.6. The molecule has 1 N–H and O–H groups in total. The van der Waals surface area contributed by atoms with Gasteiger partial charge in [0.25, 0.3) is 0 Å². The number of hydrogen-bond donors (Lipinski definition) is 1. The van der Waals surface area contributed by atoms with Crippen LogP contribution < -0.4 is 5.32 Å². The van der Waals surface area contributed by atoms with E-state index < -0.39 is 0 Å². The van der Waals surface area contributed by atoms with Crippen LogP contribution in [0.3, 0.4) is 0 Å². The Hall–Kier alpha value is -3.14. The fourth-order valence-corrected chi connectivity index (χ4v) is 4.48. The molecule has 1 aliphatic rings. The molecule has 0 spiro atoms. The fraction of sp³-hybridized carbons (Fsp3) is 0.409. The van der Waals surface area contributed by atoms with Crippen molar-refractivity contribution in [2.45, 2.75) is 51.2 Å². The molecule has 2 heterocycles. The van der Waals surface area contributed by atoms with Gasteiger partial charge in [-0.15, -0.1) is 21.5 Å². The number of carbonyl (C=O) groups excluding carboxylic acids is 2. The molecule has 10 heteroatoms. The molecule has 3 aromatic rings. The molecule has 8 nitrogen and oxygen atoms in total. The number of rotatable bonds is 8. The van der Waals surface area contributed by atoms with Crippen molar-refractivity contribution in [2.75, 3.05) is 6.54 Å². The van der Waals surface area contributed by atoms with E-state index in [-0.39, 0.29) is 36.8 Å². The number of tetrazole rings is 1. The van der Waals surface area contributed by atoms with Gasteiger partial charge in [0.2, 0.25) is 17.6 Å². The minimum Gasteiger partial charge on any atom is -0.352 e. The zero-order valence-corrected chi connectivity index (χ0v) is 18.4. The maximum atomic E-state index is 13.1. The van der Waals surface area contributed by atoms with Crippen LogP contribution in [0, 0.1) is 5.82 Å². The van der Waals surface area contributed by atoms with Gasteiger partial charge >= 0.3 is 0 Å². The molecule has 1 fully saturated rings. The molecule has 2 aromatic heterocycles. The Morgan fingerprint density at radius 1 is 1.16 bits per heavy atom. The fourth-order valence-electron chi connectivity index (χ4n) is 3.76. The lowest BCUT2D eigenvalue weighted by Gasteiger charge is -2.26. The number of amides is 2. The molecule has 4 rings (SSSR count). The second-order valence-corrected chi connectivity index (χ2v) is 8.91. The molecule has 0 aliphatic heterocycles. The van der Waals surface area contributed by atoms with Crippen LogP contribution in [0.4, 0.5) is 4.39 Å². The third kappa shape index (κ3) is 5.97. The molecule has 1 aliphatic carbocycles. The minimum atomic E-state index is -0.355. The molecule has 1 saturated carbocycles. The monoisotopic (exact) mass is 456 g/mol. The molecule has 0 radical (unpaired) electrons. The largest absolute Gasteiger partial charge is 0.352 e. The highest BCUT2D eigenvalue weighted by atomic mass is 32.1. The van der Waals surface area contributed by atoms with Crippen LogP contribution in [-0.2, 0) is 22.7 Å². The lowest BCUT2D eigenvalue weighted by molar-refractivity contribution is -0.137. The minimum absolute atomic E-state index is 0.0211. The van der Waals surface area contributed by atoms with Crippen molar-refractivity contribution >= 4 is 23.2 Å². The molecule has 32 heavy (non-hydrogen) atoms. The number of hydrogen-bond acceptors (Lipinski definition) is 6. The molecule has 1 aromatic carbocycles. The van der Waals surface area contributed by atoms with Crippen molar-refractivity contribution < 1.29 is 14.0 Å². The van der Waals surface area contributed by atoms with Gasteiger partial charge in [-0.3, -0.25) is 9.59 Å². The Kier molecular flexibility index (Phi) is 7.21. The summed E-state index contributed by atoms with van der Waals surface area (Å²) in [5.41, 5.74) is 0.604. The lowest BCUT2D eigenvalue weighted by Crippen LogP contribution is -2.45. The molecule has 0 atom stereocenters. The number of nitrogens with one attached hydrogen (secondary N) is 1. The van der Waals surface area contributed by atoms with Gasteiger partial charge in [0.1, 0.15) is 12.4 Å². The number of thiophene rings is 1. The highest BCUT2D eigenvalue weighted by molar-refractivity contribution is 7.09. The maximum Gasteiger partial charge on any atom is 0.247 e. The van der Waals surface area contributed by atoms with Gasteiger partial charge in [-0.2, -0.15) is 4.80 Å². The molecule has 168 valence electrons. The smallest absolute Gasteiger partial charge is 0.247 e. The summed E-state index contributed by atoms with van der Waals surface area (Å²) in [6.07, 6.45) is 5.42. The first-order valence-corrected chi connectivity index (χ1v) is 11.6. The van der Waals surface area contributed by atoms with E-state index in [9.17, 15) is 14.0 Å². The maximum absolute atomic E-state index is 13.1. The third-order valence-electron chi connectivity index (χ3n) is 5.42. The van der Waals surface area contributed by atoms with Gasteiger partial charge in [0.15, 0.2) is 0 Å². The Morgan fingerprint density at radius 3 is 2.66 bits per heavy atom. The number of halogens is 1. The Labute approximate surface area is 189 Å². The predicted molar refractivity (Wildman–Crippen MR) is 118 cm³/mol. The average Bonchev–Trinajstić information content (AvgIpc) is 3.47. The van der Waals surface area contributed by atoms with Gasteiger partial charge in [0.05, 0.1) is 13.1 Å². The summed E-state index contributed by atoms with van der Waals surface area (Å²) in [5.74, 6) is -0.481. The summed E-state index contributed by atoms with van der Waals surface area (Å²) in [6.45, 7) is 0.178. The van der Waals surface area contributed by atoms with Gasteiger partial charge < -0.3 is 10.2 Å². The molecule has 0 saturated heterocycles. The molecular formula is C22H25FN6O2S. The molecule has 2 amide bonds. The normalized spacial score (nSPS) is 14.3. The first-order valence-electron chi connectivity index (χ1n) is 10.7. The van der Waals surface area contributed by atoms with Gasteiger partial charge in [-0.25, -0.2) is 4.39 Å². The number of nitrogens with zero attached hydrogens (tertiary/aromatic N) is 5. The number of benzene rings is 1. The number of aromatic nitrogens is 4. The summed E-state index contributed by atoms with van der Waals surface area (Å²) in [5, 5.41) is 17.1. The summed E-state index contributed by atoms with van der Waals surface area (Å²) in [6, 6.07) is 9.77. The standard InChI is InChI=1S/C22H25FN6O2S/c23-17-10-8-16(9-11-17)22-25-27-29(26-22)15-21(31)28(13-19-7-4-12-32-19)14-20(30)24-18-5-2-1-3-6-18/h4,7-12,18H,1-3,5-6,13-15H2,(H,24,30). The van der Waals surface area contributed by atoms with E-state index in [1.54, 1.807) is 12.1 Å². The van der Waals surface area contributed by atoms with Gasteiger partial charge in [-0.1, -0.05) is 25.3 Å². The van der Waals surface area contributed by atoms with Crippen molar-refractivity contribution in [1.29, 1.82) is 0 Å². The van der Waals surface area contributed by atoms with E-state index in [1.165, 1.54) is 39.6 Å². The molecular weight excluding hydrogens is 431 g/mol. The Morgan fingerprint density at radius 2 is 1.94 bits per heavy atom. The van der Waals surface area contributed by atoms with E-state index in [4.69, 9.17) is 0 Å². The zero-order chi connectivity index (χ0) is 22.3. The van der Waals surface area contributed by atoms with Crippen LogP contribution in [0.15, 0.2) is 41.8 Å². The summed E-state index contributed by atoms with van der Waals surface area (Å²) in [4.78, 5) is 29.4. The van der Waals surface area contributed by atoms with Crippen LogP contribution in [-0.4, -0.2) is 49.5 Å². The van der Waals surface area contributed by atoms with Crippen molar-refractivity contribution in [3.8, 4) is 11.4 Å². The average molecular weight is 457 g/mol. The van der Waals surface area contributed by atoms with Crippen molar-refractivity contribution in [3.63, 3.8) is 0 Å². The first kappa shape index (κ1) is 22.1. The van der Waals surface area contributed by atoms with Crippen LogP contribution in [0.2, 0.25) is 0 Å². The number of carbonyl (C=O) groups is 2.